The fourth-order valence-corrected chi connectivity index (χ4v) is 5.74. The summed E-state index contributed by atoms with van der Waals surface area (Å²) < 4.78 is 39.5. The minimum atomic E-state index is -4.25. The van der Waals surface area contributed by atoms with Crippen molar-refractivity contribution in [3.63, 3.8) is 0 Å². The van der Waals surface area contributed by atoms with Gasteiger partial charge >= 0.3 is 0 Å². The van der Waals surface area contributed by atoms with E-state index in [1.165, 1.54) is 36.3 Å². The molecule has 0 unspecified atom stereocenters. The van der Waals surface area contributed by atoms with E-state index in [2.05, 4.69) is 5.32 Å². The molecule has 11 heteroatoms. The van der Waals surface area contributed by atoms with E-state index in [-0.39, 0.29) is 33.8 Å². The maximum Gasteiger partial charge on any atom is 0.264 e. The molecule has 0 aromatic heterocycles. The highest BCUT2D eigenvalue weighted by Gasteiger charge is 2.34. The van der Waals surface area contributed by atoms with Crippen molar-refractivity contribution in [2.75, 3.05) is 31.6 Å². The molecule has 0 saturated carbocycles. The zero-order chi connectivity index (χ0) is 30.0. The first-order valence-corrected chi connectivity index (χ1v) is 15.1. The van der Waals surface area contributed by atoms with E-state index in [0.717, 1.165) is 22.7 Å². The number of hydrogen-bond acceptors (Lipinski definition) is 6. The third kappa shape index (κ3) is 8.14. The van der Waals surface area contributed by atoms with Crippen molar-refractivity contribution < 1.29 is 27.5 Å². The van der Waals surface area contributed by atoms with Crippen LogP contribution in [-0.4, -0.2) is 58.5 Å². The summed E-state index contributed by atoms with van der Waals surface area (Å²) in [6.45, 7) is 3.58. The predicted octanol–water partition coefficient (Wildman–Crippen LogP) is 4.89. The number of rotatable bonds is 14. The molecule has 0 aliphatic rings. The Morgan fingerprint density at radius 3 is 2.27 bits per heavy atom. The van der Waals surface area contributed by atoms with Crippen LogP contribution in [0.25, 0.3) is 0 Å². The quantitative estimate of drug-likeness (QED) is 0.264. The van der Waals surface area contributed by atoms with Gasteiger partial charge in [0, 0.05) is 18.1 Å². The summed E-state index contributed by atoms with van der Waals surface area (Å²) in [5.74, 6) is -0.0578. The topological polar surface area (TPSA) is 105 Å². The Bertz CT molecular complexity index is 1420. The van der Waals surface area contributed by atoms with Gasteiger partial charge in [-0.2, -0.15) is 0 Å². The molecule has 0 radical (unpaired) electrons. The highest BCUT2D eigenvalue weighted by Crippen LogP contribution is 2.35. The lowest BCUT2D eigenvalue weighted by Gasteiger charge is -2.32. The molecule has 0 aliphatic heterocycles. The highest BCUT2D eigenvalue weighted by atomic mass is 35.5. The van der Waals surface area contributed by atoms with Gasteiger partial charge in [0.05, 0.1) is 24.8 Å². The standard InChI is InChI=1S/C30H36ClN3O6S/c1-5-6-18-32-30(36)22(2)33(20-23-12-15-25(39-3)16-13-23)29(35)21-34(27-19-24(31)14-17-28(27)40-4)41(37,38)26-10-8-7-9-11-26/h7-17,19,22H,5-6,18,20-21H2,1-4H3,(H,32,36)/t22-/m0/s1. The van der Waals surface area contributed by atoms with Crippen LogP contribution < -0.4 is 19.1 Å². The molecule has 220 valence electrons. The molecule has 0 spiro atoms. The summed E-state index contributed by atoms with van der Waals surface area (Å²) in [6, 6.07) is 18.5. The lowest BCUT2D eigenvalue weighted by Crippen LogP contribution is -2.51. The van der Waals surface area contributed by atoms with Crippen LogP contribution in [0.5, 0.6) is 11.5 Å². The molecule has 1 N–H and O–H groups in total. The fraction of sp³-hybridized carbons (Fsp3) is 0.333. The maximum absolute atomic E-state index is 14.0. The first-order valence-electron chi connectivity index (χ1n) is 13.2. The number of sulfonamides is 1. The Hall–Kier alpha value is -3.76. The van der Waals surface area contributed by atoms with Crippen molar-refractivity contribution in [1.29, 1.82) is 0 Å². The van der Waals surface area contributed by atoms with Gasteiger partial charge < -0.3 is 19.7 Å². The zero-order valence-corrected chi connectivity index (χ0v) is 25.2. The first-order chi connectivity index (χ1) is 19.6. The minimum absolute atomic E-state index is 0.0121. The lowest BCUT2D eigenvalue weighted by atomic mass is 10.1. The minimum Gasteiger partial charge on any atom is -0.497 e. The monoisotopic (exact) mass is 601 g/mol. The highest BCUT2D eigenvalue weighted by molar-refractivity contribution is 7.92. The van der Waals surface area contributed by atoms with Crippen molar-refractivity contribution in [2.24, 2.45) is 0 Å². The average molecular weight is 602 g/mol. The van der Waals surface area contributed by atoms with Gasteiger partial charge in [0.15, 0.2) is 0 Å². The van der Waals surface area contributed by atoms with Crippen molar-refractivity contribution >= 4 is 39.1 Å². The molecule has 3 aromatic carbocycles. The van der Waals surface area contributed by atoms with Crippen molar-refractivity contribution in [2.45, 2.75) is 44.2 Å². The molecule has 3 rings (SSSR count). The number of carbonyl (C=O) groups is 2. The van der Waals surface area contributed by atoms with Crippen LogP contribution in [0.15, 0.2) is 77.7 Å². The normalized spacial score (nSPS) is 11.8. The number of halogens is 1. The van der Waals surface area contributed by atoms with Gasteiger partial charge in [-0.1, -0.05) is 55.3 Å². The molecule has 0 saturated heterocycles. The van der Waals surface area contributed by atoms with E-state index in [1.54, 1.807) is 62.6 Å². The lowest BCUT2D eigenvalue weighted by molar-refractivity contribution is -0.139. The van der Waals surface area contributed by atoms with Gasteiger partial charge in [-0.15, -0.1) is 0 Å². The number of benzene rings is 3. The number of unbranched alkanes of at least 4 members (excludes halogenated alkanes) is 1. The summed E-state index contributed by atoms with van der Waals surface area (Å²) in [7, 11) is -1.29. The summed E-state index contributed by atoms with van der Waals surface area (Å²) in [5.41, 5.74) is 0.840. The summed E-state index contributed by atoms with van der Waals surface area (Å²) in [4.78, 5) is 28.5. The third-order valence-electron chi connectivity index (χ3n) is 6.53. The van der Waals surface area contributed by atoms with Crippen molar-refractivity contribution in [1.82, 2.24) is 10.2 Å². The zero-order valence-electron chi connectivity index (χ0n) is 23.7. The van der Waals surface area contributed by atoms with E-state index < -0.39 is 28.5 Å². The fourth-order valence-electron chi connectivity index (χ4n) is 4.14. The number of carbonyl (C=O) groups excluding carboxylic acids is 2. The second-order valence-corrected chi connectivity index (χ2v) is 11.6. The van der Waals surface area contributed by atoms with E-state index in [4.69, 9.17) is 21.1 Å². The Morgan fingerprint density at radius 1 is 0.976 bits per heavy atom. The molecule has 0 bridgehead atoms. The van der Waals surface area contributed by atoms with Crippen LogP contribution >= 0.6 is 11.6 Å². The van der Waals surface area contributed by atoms with Gasteiger partial charge in [0.2, 0.25) is 11.8 Å². The van der Waals surface area contributed by atoms with E-state index in [9.17, 15) is 18.0 Å². The molecular formula is C30H36ClN3O6S. The molecule has 1 atom stereocenters. The van der Waals surface area contributed by atoms with Gasteiger partial charge in [0.1, 0.15) is 24.1 Å². The molecular weight excluding hydrogens is 566 g/mol. The van der Waals surface area contributed by atoms with Crippen molar-refractivity contribution in [3.8, 4) is 11.5 Å². The Labute approximate surface area is 247 Å². The largest absolute Gasteiger partial charge is 0.497 e. The van der Waals surface area contributed by atoms with Gasteiger partial charge in [-0.3, -0.25) is 13.9 Å². The number of anilines is 1. The first kappa shape index (κ1) is 31.8. The molecule has 0 aliphatic carbocycles. The number of methoxy groups -OCH3 is 2. The molecule has 41 heavy (non-hydrogen) atoms. The van der Waals surface area contributed by atoms with Crippen LogP contribution in [0.2, 0.25) is 5.02 Å². The second kappa shape index (κ2) is 14.7. The molecule has 0 heterocycles. The van der Waals surface area contributed by atoms with Crippen molar-refractivity contribution in [3.05, 3.63) is 83.4 Å². The Morgan fingerprint density at radius 2 is 1.66 bits per heavy atom. The molecule has 2 amide bonds. The number of ether oxygens (including phenoxy) is 2. The smallest absolute Gasteiger partial charge is 0.264 e. The molecule has 9 nitrogen and oxygen atoms in total. The van der Waals surface area contributed by atoms with E-state index >= 15 is 0 Å². The van der Waals surface area contributed by atoms with Crippen LogP contribution in [0.4, 0.5) is 5.69 Å². The summed E-state index contributed by atoms with van der Waals surface area (Å²) in [5, 5.41) is 3.13. The number of hydrogen-bond donors (Lipinski definition) is 1. The summed E-state index contributed by atoms with van der Waals surface area (Å²) in [6.07, 6.45) is 1.69. The van der Waals surface area contributed by atoms with Gasteiger partial charge in [-0.05, 0) is 61.4 Å². The number of nitrogens with one attached hydrogen (secondary N) is 1. The predicted molar refractivity (Wildman–Crippen MR) is 160 cm³/mol. The number of amides is 2. The van der Waals surface area contributed by atoms with Crippen LogP contribution in [0.1, 0.15) is 32.3 Å². The van der Waals surface area contributed by atoms with E-state index in [1.807, 2.05) is 6.92 Å². The van der Waals surface area contributed by atoms with Crippen LogP contribution in [0, 0.1) is 0 Å². The van der Waals surface area contributed by atoms with Gasteiger partial charge in [0.25, 0.3) is 10.0 Å². The third-order valence-corrected chi connectivity index (χ3v) is 8.54. The molecule has 3 aromatic rings. The number of nitrogens with zero attached hydrogens (tertiary/aromatic N) is 2. The Kier molecular flexibility index (Phi) is 11.4. The average Bonchev–Trinajstić information content (AvgIpc) is 2.98. The van der Waals surface area contributed by atoms with Crippen LogP contribution in [-0.2, 0) is 26.2 Å². The SMILES string of the molecule is CCCCNC(=O)[C@H](C)N(Cc1ccc(OC)cc1)C(=O)CN(c1cc(Cl)ccc1OC)S(=O)(=O)c1ccccc1. The van der Waals surface area contributed by atoms with Crippen LogP contribution in [0.3, 0.4) is 0 Å². The maximum atomic E-state index is 14.0. The van der Waals surface area contributed by atoms with E-state index in [0.29, 0.717) is 12.3 Å². The summed E-state index contributed by atoms with van der Waals surface area (Å²) >= 11 is 6.26. The second-order valence-electron chi connectivity index (χ2n) is 9.33. The molecule has 0 fully saturated rings. The van der Waals surface area contributed by atoms with Gasteiger partial charge in [-0.25, -0.2) is 8.42 Å². The Balaban J connectivity index is 2.05.